The third-order valence-electron chi connectivity index (χ3n) is 11.7. The van der Waals surface area contributed by atoms with E-state index in [2.05, 4.69) is 192 Å². The highest BCUT2D eigenvalue weighted by atomic mass is 79.9. The van der Waals surface area contributed by atoms with E-state index in [4.69, 9.17) is 14.6 Å². The number of nitrogens with two attached hydrogens (primary N) is 1. The van der Waals surface area contributed by atoms with Crippen molar-refractivity contribution in [1.82, 2.24) is 0 Å². The quantitative estimate of drug-likeness (QED) is 0.130. The number of benzene rings is 4. The first-order valence-corrected chi connectivity index (χ1v) is 22.7. The molecule has 2 bridgehead atoms. The average Bonchev–Trinajstić information content (AvgIpc) is 3.11. The summed E-state index contributed by atoms with van der Waals surface area (Å²) in [5.41, 5.74) is 6.71. The van der Waals surface area contributed by atoms with Crippen LogP contribution >= 0.6 is 15.9 Å². The summed E-state index contributed by atoms with van der Waals surface area (Å²) in [6.07, 6.45) is 1.56. The summed E-state index contributed by atoms with van der Waals surface area (Å²) in [7, 11) is -6.04. The second kappa shape index (κ2) is 13.8. The molecule has 3 aliphatic carbocycles. The van der Waals surface area contributed by atoms with Crippen LogP contribution < -0.4 is 26.5 Å². The Kier molecular flexibility index (Phi) is 10.3. The summed E-state index contributed by atoms with van der Waals surface area (Å²) in [6, 6.07) is 42.7. The van der Waals surface area contributed by atoms with Crippen molar-refractivity contribution in [1.29, 1.82) is 0 Å². The van der Waals surface area contributed by atoms with Crippen LogP contribution in [0.1, 0.15) is 54.9 Å². The molecular weight excluding hydrogens is 727 g/mol. The van der Waals surface area contributed by atoms with Crippen molar-refractivity contribution in [2.45, 2.75) is 82.2 Å². The van der Waals surface area contributed by atoms with Crippen LogP contribution in [0.2, 0.25) is 10.1 Å². The number of fused-ring (bicyclic) bond motifs is 2. The fourth-order valence-corrected chi connectivity index (χ4v) is 19.4. The molecule has 4 aromatic rings. The van der Waals surface area contributed by atoms with Crippen molar-refractivity contribution >= 4 is 53.3 Å². The van der Waals surface area contributed by atoms with E-state index in [-0.39, 0.29) is 21.9 Å². The van der Waals surface area contributed by atoms with E-state index < -0.39 is 33.9 Å². The molecule has 1 saturated carbocycles. The maximum absolute atomic E-state index is 12.9. The Morgan fingerprint density at radius 1 is 0.745 bits per heavy atom. The summed E-state index contributed by atoms with van der Waals surface area (Å²) < 4.78 is 16.5. The molecule has 268 valence electrons. The first-order valence-electron chi connectivity index (χ1n) is 18.1. The largest absolute Gasteiger partial charge is 0.406 e. The SMILES string of the molecule is C=CC1(O)C2CC(N)(CO[Si](c3ccccc3)(c3ccccc3)C(C)(C)C)C(C(C)=C2Br)C1O[Si](c1ccccc1)(c1ccccc1)C(C)(C)C. The normalized spacial score (nSPS) is 25.6. The Hall–Kier alpha value is -2.89. The summed E-state index contributed by atoms with van der Waals surface area (Å²) >= 11 is 3.95. The van der Waals surface area contributed by atoms with Crippen molar-refractivity contribution in [2.75, 3.05) is 6.61 Å². The van der Waals surface area contributed by atoms with Gasteiger partial charge in [0.2, 0.25) is 0 Å². The van der Waals surface area contributed by atoms with Crippen LogP contribution in [0.3, 0.4) is 0 Å². The minimum Gasteiger partial charge on any atom is -0.406 e. The predicted octanol–water partition coefficient (Wildman–Crippen LogP) is 7.44. The zero-order valence-corrected chi connectivity index (χ0v) is 34.8. The van der Waals surface area contributed by atoms with Crippen LogP contribution in [-0.4, -0.2) is 45.6 Å². The number of hydrogen-bond acceptors (Lipinski definition) is 4. The van der Waals surface area contributed by atoms with Crippen LogP contribution in [0, 0.1) is 11.8 Å². The Morgan fingerprint density at radius 2 is 1.12 bits per heavy atom. The summed E-state index contributed by atoms with van der Waals surface area (Å²) in [6.45, 7) is 20.4. The van der Waals surface area contributed by atoms with Crippen LogP contribution in [0.15, 0.2) is 144 Å². The smallest absolute Gasteiger partial charge is 0.261 e. The number of aliphatic hydroxyl groups is 1. The lowest BCUT2D eigenvalue weighted by atomic mass is 9.54. The highest BCUT2D eigenvalue weighted by Crippen LogP contribution is 2.58. The first-order chi connectivity index (χ1) is 24.1. The van der Waals surface area contributed by atoms with E-state index in [1.165, 1.54) is 10.4 Å². The van der Waals surface area contributed by atoms with Crippen LogP contribution in [0.5, 0.6) is 0 Å². The molecule has 5 unspecified atom stereocenters. The molecule has 0 heterocycles. The molecule has 1 fully saturated rings. The number of rotatable bonds is 10. The molecule has 4 nitrogen and oxygen atoms in total. The number of hydrogen-bond donors (Lipinski definition) is 2. The van der Waals surface area contributed by atoms with Crippen LogP contribution in [0.4, 0.5) is 0 Å². The lowest BCUT2D eigenvalue weighted by Crippen LogP contribution is -2.77. The lowest BCUT2D eigenvalue weighted by Gasteiger charge is -2.62. The van der Waals surface area contributed by atoms with E-state index in [9.17, 15) is 5.11 Å². The predicted molar refractivity (Wildman–Crippen MR) is 221 cm³/mol. The van der Waals surface area contributed by atoms with Crippen molar-refractivity contribution in [3.05, 3.63) is 144 Å². The van der Waals surface area contributed by atoms with Gasteiger partial charge in [0.25, 0.3) is 16.6 Å². The van der Waals surface area contributed by atoms with E-state index in [0.717, 1.165) is 20.4 Å². The lowest BCUT2D eigenvalue weighted by molar-refractivity contribution is -0.141. The van der Waals surface area contributed by atoms with E-state index in [1.54, 1.807) is 6.08 Å². The van der Waals surface area contributed by atoms with Gasteiger partial charge < -0.3 is 19.7 Å². The van der Waals surface area contributed by atoms with Crippen molar-refractivity contribution in [3.8, 4) is 0 Å². The van der Waals surface area contributed by atoms with Gasteiger partial charge in [0.1, 0.15) is 5.60 Å². The minimum atomic E-state index is -3.12. The fourth-order valence-electron chi connectivity index (χ4n) is 9.27. The molecule has 0 saturated heterocycles. The molecule has 51 heavy (non-hydrogen) atoms. The molecule has 3 N–H and O–H groups in total. The van der Waals surface area contributed by atoms with Gasteiger partial charge in [0.15, 0.2) is 0 Å². The van der Waals surface area contributed by atoms with Gasteiger partial charge in [0.05, 0.1) is 12.7 Å². The summed E-state index contributed by atoms with van der Waals surface area (Å²) in [4.78, 5) is 0. The molecule has 7 heteroatoms. The van der Waals surface area contributed by atoms with Gasteiger partial charge in [-0.05, 0) is 44.2 Å². The Bertz CT molecular complexity index is 1780. The molecule has 3 aliphatic rings. The van der Waals surface area contributed by atoms with Gasteiger partial charge in [-0.1, -0.05) is 190 Å². The molecular formula is C44H54BrNO3Si2. The topological polar surface area (TPSA) is 64.7 Å². The van der Waals surface area contributed by atoms with Gasteiger partial charge in [-0.2, -0.15) is 0 Å². The molecule has 0 aliphatic heterocycles. The van der Waals surface area contributed by atoms with Crippen molar-refractivity contribution < 1.29 is 14.0 Å². The Balaban J connectivity index is 1.53. The monoisotopic (exact) mass is 779 g/mol. The maximum Gasteiger partial charge on any atom is 0.261 e. The van der Waals surface area contributed by atoms with Gasteiger partial charge in [-0.3, -0.25) is 0 Å². The molecule has 0 aromatic heterocycles. The third kappa shape index (κ3) is 6.13. The molecule has 5 atom stereocenters. The zero-order chi connectivity index (χ0) is 36.9. The average molecular weight is 781 g/mol. The van der Waals surface area contributed by atoms with Gasteiger partial charge >= 0.3 is 0 Å². The summed E-state index contributed by atoms with van der Waals surface area (Å²) in [5.74, 6) is -0.712. The van der Waals surface area contributed by atoms with Crippen LogP contribution in [-0.2, 0) is 8.85 Å². The molecule has 7 rings (SSSR count). The molecule has 0 amide bonds. The van der Waals surface area contributed by atoms with Crippen molar-refractivity contribution in [3.63, 3.8) is 0 Å². The standard InChI is InChI=1S/C44H54BrNO3Si2/c1-9-44(47)37-30-43(46,31-48-50(41(3,4)5,33-22-14-10-15-23-33)34-24-16-11-17-25-34)38(32(2)39(37)45)40(44)49-51(42(6,7)8,35-26-18-12-19-27-35)36-28-20-13-21-29-36/h9-29,37-38,40,47H,1,30-31,46H2,2-8H3. The second-order valence-corrected chi connectivity index (χ2v) is 26.2. The Labute approximate surface area is 316 Å². The fraction of sp³-hybridized carbons (Fsp3) is 0.364. The summed E-state index contributed by atoms with van der Waals surface area (Å²) in [5, 5.41) is 17.1. The maximum atomic E-state index is 12.9. The highest BCUT2D eigenvalue weighted by molar-refractivity contribution is 9.11. The minimum absolute atomic E-state index is 0.210. The molecule has 4 aromatic carbocycles. The van der Waals surface area contributed by atoms with E-state index in [1.807, 2.05) is 0 Å². The molecule has 0 spiro atoms. The highest BCUT2D eigenvalue weighted by Gasteiger charge is 2.67. The van der Waals surface area contributed by atoms with E-state index >= 15 is 0 Å². The first kappa shape index (κ1) is 37.9. The molecule has 0 radical (unpaired) electrons. The van der Waals surface area contributed by atoms with E-state index in [0.29, 0.717) is 13.0 Å². The van der Waals surface area contributed by atoms with Crippen LogP contribution in [0.25, 0.3) is 0 Å². The zero-order valence-electron chi connectivity index (χ0n) is 31.2. The number of halogens is 1. The van der Waals surface area contributed by atoms with Gasteiger partial charge in [0, 0.05) is 21.9 Å². The van der Waals surface area contributed by atoms with Crippen molar-refractivity contribution in [2.24, 2.45) is 17.6 Å². The third-order valence-corrected chi connectivity index (χ3v) is 22.9. The van der Waals surface area contributed by atoms with Gasteiger partial charge in [-0.25, -0.2) is 0 Å². The Morgan fingerprint density at radius 3 is 1.47 bits per heavy atom. The second-order valence-electron chi connectivity index (χ2n) is 16.7. The van der Waals surface area contributed by atoms with Gasteiger partial charge in [-0.15, -0.1) is 6.58 Å².